The highest BCUT2D eigenvalue weighted by molar-refractivity contribution is 5.36. The van der Waals surface area contributed by atoms with Crippen LogP contribution in [0.1, 0.15) is 32.3 Å². The van der Waals surface area contributed by atoms with Crippen LogP contribution in [0, 0.1) is 0 Å². The molecule has 94 valence electrons. The molecule has 0 N–H and O–H groups in total. The van der Waals surface area contributed by atoms with Crippen LogP contribution in [0.5, 0.6) is 0 Å². The van der Waals surface area contributed by atoms with Crippen LogP contribution in [0.15, 0.2) is 18.9 Å². The molecule has 2 heteroatoms. The van der Waals surface area contributed by atoms with Gasteiger partial charge in [-0.05, 0) is 29.7 Å². The van der Waals surface area contributed by atoms with Gasteiger partial charge in [-0.15, -0.1) is 0 Å². The molecule has 0 amide bonds. The van der Waals surface area contributed by atoms with Crippen LogP contribution in [0.3, 0.4) is 0 Å². The van der Waals surface area contributed by atoms with Crippen LogP contribution < -0.4 is 10.6 Å². The number of aromatic nitrogens is 1. The van der Waals surface area contributed by atoms with Gasteiger partial charge in [0.15, 0.2) is 0 Å². The van der Waals surface area contributed by atoms with E-state index in [1.807, 2.05) is 12.9 Å². The molecule has 17 heavy (non-hydrogen) atoms. The minimum absolute atomic E-state index is 1.05. The van der Waals surface area contributed by atoms with Crippen molar-refractivity contribution < 1.29 is 4.79 Å². The van der Waals surface area contributed by atoms with E-state index in [1.165, 1.54) is 23.8 Å². The SMILES string of the molecule is C=C/C=c1\c(=C)c(CC)cn1CCCC.C=O. The molecule has 2 nitrogen and oxygen atoms in total. The van der Waals surface area contributed by atoms with Crippen molar-refractivity contribution in [3.63, 3.8) is 0 Å². The van der Waals surface area contributed by atoms with Gasteiger partial charge in [0.2, 0.25) is 0 Å². The Morgan fingerprint density at radius 2 is 2.00 bits per heavy atom. The van der Waals surface area contributed by atoms with E-state index in [1.54, 1.807) is 0 Å². The van der Waals surface area contributed by atoms with Gasteiger partial charge < -0.3 is 9.36 Å². The van der Waals surface area contributed by atoms with E-state index in [0.29, 0.717) is 0 Å². The van der Waals surface area contributed by atoms with E-state index in [0.717, 1.165) is 18.2 Å². The molecule has 0 saturated heterocycles. The lowest BCUT2D eigenvalue weighted by Crippen LogP contribution is -2.29. The second kappa shape index (κ2) is 8.57. The van der Waals surface area contributed by atoms with Gasteiger partial charge in [0.25, 0.3) is 0 Å². The summed E-state index contributed by atoms with van der Waals surface area (Å²) in [5, 5.41) is 2.38. The predicted octanol–water partition coefficient (Wildman–Crippen LogP) is 2.04. The fourth-order valence-electron chi connectivity index (χ4n) is 1.80. The number of aryl methyl sites for hydroxylation is 2. The predicted molar refractivity (Wildman–Crippen MR) is 75.3 cm³/mol. The first-order valence-electron chi connectivity index (χ1n) is 6.03. The molecule has 0 aromatic carbocycles. The number of rotatable bonds is 5. The summed E-state index contributed by atoms with van der Waals surface area (Å²) in [6, 6.07) is 0. The van der Waals surface area contributed by atoms with Crippen molar-refractivity contribution in [1.82, 2.24) is 4.57 Å². The van der Waals surface area contributed by atoms with Gasteiger partial charge in [0.1, 0.15) is 6.79 Å². The fourth-order valence-corrected chi connectivity index (χ4v) is 1.80. The van der Waals surface area contributed by atoms with Crippen molar-refractivity contribution in [2.75, 3.05) is 0 Å². The van der Waals surface area contributed by atoms with Gasteiger partial charge in [0.05, 0.1) is 0 Å². The number of carbonyl (C=O) groups excluding carboxylic acids is 1. The number of hydrogen-bond acceptors (Lipinski definition) is 1. The summed E-state index contributed by atoms with van der Waals surface area (Å²) >= 11 is 0. The lowest BCUT2D eigenvalue weighted by atomic mass is 10.2. The molecule has 1 rings (SSSR count). The molecule has 0 radical (unpaired) electrons. The van der Waals surface area contributed by atoms with E-state index in [9.17, 15) is 0 Å². The van der Waals surface area contributed by atoms with Crippen LogP contribution in [-0.4, -0.2) is 11.4 Å². The molecule has 0 unspecified atom stereocenters. The van der Waals surface area contributed by atoms with E-state index >= 15 is 0 Å². The molecule has 0 atom stereocenters. The first-order valence-corrected chi connectivity index (χ1v) is 6.03. The summed E-state index contributed by atoms with van der Waals surface area (Å²) in [5.41, 5.74) is 1.35. The molecular formula is C15H23NO. The number of allylic oxidation sites excluding steroid dienone is 1. The molecule has 0 aliphatic carbocycles. The Morgan fingerprint density at radius 3 is 2.47 bits per heavy atom. The molecule has 0 aliphatic rings. The number of unbranched alkanes of at least 4 members (excludes halogenated alkanes) is 1. The smallest absolute Gasteiger partial charge is 0.106 e. The van der Waals surface area contributed by atoms with E-state index < -0.39 is 0 Å². The van der Waals surface area contributed by atoms with Crippen LogP contribution in [-0.2, 0) is 17.8 Å². The summed E-state index contributed by atoms with van der Waals surface area (Å²) in [6.45, 7) is 15.4. The zero-order valence-corrected chi connectivity index (χ0v) is 11.0. The third-order valence-electron chi connectivity index (χ3n) is 2.73. The topological polar surface area (TPSA) is 22.0 Å². The van der Waals surface area contributed by atoms with Crippen molar-refractivity contribution in [3.05, 3.63) is 35.0 Å². The average molecular weight is 233 g/mol. The highest BCUT2D eigenvalue weighted by Gasteiger charge is 2.00. The monoisotopic (exact) mass is 233 g/mol. The lowest BCUT2D eigenvalue weighted by molar-refractivity contribution is -0.0979. The van der Waals surface area contributed by atoms with Crippen LogP contribution in [0.2, 0.25) is 0 Å². The number of carbonyl (C=O) groups is 1. The average Bonchev–Trinajstić information content (AvgIpc) is 2.67. The summed E-state index contributed by atoms with van der Waals surface area (Å²) in [4.78, 5) is 8.00. The molecule has 1 heterocycles. The van der Waals surface area contributed by atoms with E-state index in [4.69, 9.17) is 4.79 Å². The normalized spacial score (nSPS) is 10.8. The van der Waals surface area contributed by atoms with Crippen molar-refractivity contribution in [1.29, 1.82) is 0 Å². The summed E-state index contributed by atoms with van der Waals surface area (Å²) in [6.07, 6.45) is 9.61. The minimum atomic E-state index is 1.05. The Morgan fingerprint density at radius 1 is 1.35 bits per heavy atom. The second-order valence-corrected chi connectivity index (χ2v) is 3.82. The number of hydrogen-bond donors (Lipinski definition) is 0. The van der Waals surface area contributed by atoms with Gasteiger partial charge >= 0.3 is 0 Å². The largest absolute Gasteiger partial charge is 0.347 e. The molecule has 0 aliphatic heterocycles. The third-order valence-corrected chi connectivity index (χ3v) is 2.73. The first-order chi connectivity index (χ1) is 8.24. The molecular weight excluding hydrogens is 210 g/mol. The van der Waals surface area contributed by atoms with E-state index in [2.05, 4.69) is 43.8 Å². The Balaban J connectivity index is 0.00000121. The van der Waals surface area contributed by atoms with Crippen molar-refractivity contribution in [3.8, 4) is 0 Å². The maximum absolute atomic E-state index is 8.00. The summed E-state index contributed by atoms with van der Waals surface area (Å²) in [7, 11) is 0. The molecule has 0 saturated carbocycles. The summed E-state index contributed by atoms with van der Waals surface area (Å²) in [5.74, 6) is 0. The quantitative estimate of drug-likeness (QED) is 0.763. The van der Waals surface area contributed by atoms with Crippen LogP contribution in [0.4, 0.5) is 0 Å². The Bertz CT molecular complexity index is 442. The zero-order chi connectivity index (χ0) is 13.3. The van der Waals surface area contributed by atoms with E-state index in [-0.39, 0.29) is 0 Å². The third kappa shape index (κ3) is 4.06. The highest BCUT2D eigenvalue weighted by atomic mass is 16.1. The van der Waals surface area contributed by atoms with Crippen molar-refractivity contribution in [2.45, 2.75) is 39.7 Å². The van der Waals surface area contributed by atoms with Gasteiger partial charge in [-0.1, -0.05) is 39.5 Å². The maximum atomic E-state index is 8.00. The highest BCUT2D eigenvalue weighted by Crippen LogP contribution is 1.95. The maximum Gasteiger partial charge on any atom is 0.106 e. The summed E-state index contributed by atoms with van der Waals surface area (Å²) < 4.78 is 2.30. The lowest BCUT2D eigenvalue weighted by Gasteiger charge is -2.01. The van der Waals surface area contributed by atoms with Gasteiger partial charge in [-0.3, -0.25) is 0 Å². The molecule has 0 spiro atoms. The second-order valence-electron chi connectivity index (χ2n) is 3.82. The Kier molecular flexibility index (Phi) is 7.78. The van der Waals surface area contributed by atoms with Gasteiger partial charge in [0, 0.05) is 18.1 Å². The van der Waals surface area contributed by atoms with Crippen molar-refractivity contribution in [2.24, 2.45) is 0 Å². The number of nitrogens with zero attached hydrogens (tertiary/aromatic N) is 1. The van der Waals surface area contributed by atoms with Crippen molar-refractivity contribution >= 4 is 19.4 Å². The molecule has 1 aromatic rings. The van der Waals surface area contributed by atoms with Gasteiger partial charge in [-0.2, -0.15) is 0 Å². The zero-order valence-electron chi connectivity index (χ0n) is 11.0. The Labute approximate surface area is 104 Å². The molecule has 0 fully saturated rings. The van der Waals surface area contributed by atoms with Gasteiger partial charge in [-0.25, -0.2) is 0 Å². The molecule has 0 bridgehead atoms. The standard InChI is InChI=1S/C14H21N.CH2O/c1-5-8-10-15-11-13(7-3)12(4)14(15)9-6-2;1-2/h6,9,11H,2,4-5,7-8,10H2,1,3H3;1H2/b14-9+;. The van der Waals surface area contributed by atoms with Crippen LogP contribution in [0.25, 0.3) is 12.7 Å². The first kappa shape index (κ1) is 15.4. The molecule has 1 aromatic heterocycles. The Hall–Kier alpha value is -1.57. The minimum Gasteiger partial charge on any atom is -0.347 e. The van der Waals surface area contributed by atoms with Crippen LogP contribution >= 0.6 is 0 Å². The fraction of sp³-hybridized carbons (Fsp3) is 0.400.